The van der Waals surface area contributed by atoms with Crippen molar-refractivity contribution in [3.05, 3.63) is 30.1 Å². The van der Waals surface area contributed by atoms with Crippen LogP contribution in [-0.2, 0) is 0 Å². The predicted octanol–water partition coefficient (Wildman–Crippen LogP) is 2.17. The molecule has 1 N–H and O–H groups in total. The van der Waals surface area contributed by atoms with Gasteiger partial charge in [0.15, 0.2) is 5.82 Å². The van der Waals surface area contributed by atoms with Crippen molar-refractivity contribution in [3.8, 4) is 0 Å². The van der Waals surface area contributed by atoms with E-state index in [0.717, 1.165) is 48.5 Å². The molecule has 0 spiro atoms. The summed E-state index contributed by atoms with van der Waals surface area (Å²) in [4.78, 5) is 17.2. The molecule has 21 heavy (non-hydrogen) atoms. The van der Waals surface area contributed by atoms with Gasteiger partial charge in [-0.05, 0) is 25.6 Å². The first-order valence-electron chi connectivity index (χ1n) is 7.39. The lowest BCUT2D eigenvalue weighted by molar-refractivity contribution is 0.312. The number of aryl methyl sites for hydroxylation is 1. The summed E-state index contributed by atoms with van der Waals surface area (Å²) in [5.41, 5.74) is 4.47. The Kier molecular flexibility index (Phi) is 2.82. The van der Waals surface area contributed by atoms with Crippen LogP contribution in [0.5, 0.6) is 0 Å². The molecule has 4 rings (SSSR count). The number of aromatic amines is 1. The van der Waals surface area contributed by atoms with E-state index in [4.69, 9.17) is 0 Å². The highest BCUT2D eigenvalue weighted by Crippen LogP contribution is 2.29. The molecular weight excluding hydrogens is 262 g/mol. The van der Waals surface area contributed by atoms with E-state index in [2.05, 4.69) is 56.9 Å². The standard InChI is InChI=1S/C16H19N5/c1-11-3-4-12-13(9-11)19-15-14(12)17-10-18-16(15)21-7-5-20(2)6-8-21/h3-4,9-10,19H,5-8H2,1-2H3. The zero-order valence-electron chi connectivity index (χ0n) is 12.4. The van der Waals surface area contributed by atoms with Gasteiger partial charge in [0.05, 0.1) is 0 Å². The molecule has 1 aliphatic rings. The number of fused-ring (bicyclic) bond motifs is 3. The van der Waals surface area contributed by atoms with E-state index in [1.54, 1.807) is 6.33 Å². The molecule has 1 aliphatic heterocycles. The van der Waals surface area contributed by atoms with Gasteiger partial charge in [-0.3, -0.25) is 0 Å². The Bertz CT molecular complexity index is 799. The van der Waals surface area contributed by atoms with Gasteiger partial charge in [-0.1, -0.05) is 12.1 Å². The first-order valence-corrected chi connectivity index (χ1v) is 7.39. The minimum absolute atomic E-state index is 1.01. The smallest absolute Gasteiger partial charge is 0.156 e. The summed E-state index contributed by atoms with van der Waals surface area (Å²) >= 11 is 0. The Balaban J connectivity index is 1.87. The summed E-state index contributed by atoms with van der Waals surface area (Å²) in [5, 5.41) is 1.17. The number of likely N-dealkylation sites (N-methyl/N-ethyl adjacent to an activating group) is 1. The highest BCUT2D eigenvalue weighted by molar-refractivity contribution is 6.08. The quantitative estimate of drug-likeness (QED) is 0.742. The van der Waals surface area contributed by atoms with Crippen LogP contribution in [-0.4, -0.2) is 53.1 Å². The highest BCUT2D eigenvalue weighted by atomic mass is 15.3. The van der Waals surface area contributed by atoms with E-state index < -0.39 is 0 Å². The van der Waals surface area contributed by atoms with Crippen molar-refractivity contribution in [3.63, 3.8) is 0 Å². The summed E-state index contributed by atoms with van der Waals surface area (Å²) in [6.45, 7) is 6.28. The number of rotatable bonds is 1. The monoisotopic (exact) mass is 281 g/mol. The molecule has 0 unspecified atom stereocenters. The van der Waals surface area contributed by atoms with Crippen LogP contribution >= 0.6 is 0 Å². The molecule has 0 bridgehead atoms. The zero-order valence-corrected chi connectivity index (χ0v) is 12.4. The number of nitrogens with zero attached hydrogens (tertiary/aromatic N) is 4. The van der Waals surface area contributed by atoms with Gasteiger partial charge in [0, 0.05) is 37.1 Å². The molecule has 108 valence electrons. The van der Waals surface area contributed by atoms with Crippen molar-refractivity contribution in [2.24, 2.45) is 0 Å². The van der Waals surface area contributed by atoms with Gasteiger partial charge in [-0.15, -0.1) is 0 Å². The molecule has 0 aliphatic carbocycles. The molecule has 3 heterocycles. The fourth-order valence-electron chi connectivity index (χ4n) is 3.06. The molecule has 2 aromatic heterocycles. The van der Waals surface area contributed by atoms with E-state index in [0.29, 0.717) is 0 Å². The molecule has 3 aromatic rings. The van der Waals surface area contributed by atoms with Gasteiger partial charge < -0.3 is 14.8 Å². The van der Waals surface area contributed by atoms with Crippen LogP contribution < -0.4 is 4.90 Å². The van der Waals surface area contributed by atoms with Crippen LogP contribution in [0.15, 0.2) is 24.5 Å². The Morgan fingerprint density at radius 2 is 1.90 bits per heavy atom. The van der Waals surface area contributed by atoms with Gasteiger partial charge in [-0.25, -0.2) is 9.97 Å². The van der Waals surface area contributed by atoms with Crippen molar-refractivity contribution >= 4 is 27.8 Å². The first kappa shape index (κ1) is 12.6. The molecule has 0 saturated carbocycles. The number of hydrogen-bond acceptors (Lipinski definition) is 4. The Morgan fingerprint density at radius 3 is 2.71 bits per heavy atom. The Labute approximate surface area is 123 Å². The van der Waals surface area contributed by atoms with Gasteiger partial charge in [0.25, 0.3) is 0 Å². The van der Waals surface area contributed by atoms with E-state index >= 15 is 0 Å². The van der Waals surface area contributed by atoms with Crippen LogP contribution in [0.4, 0.5) is 5.82 Å². The molecule has 0 atom stereocenters. The molecule has 1 aromatic carbocycles. The average molecular weight is 281 g/mol. The van der Waals surface area contributed by atoms with Crippen molar-refractivity contribution in [2.45, 2.75) is 6.92 Å². The Morgan fingerprint density at radius 1 is 1.10 bits per heavy atom. The minimum atomic E-state index is 1.01. The first-order chi connectivity index (χ1) is 10.2. The second-order valence-corrected chi connectivity index (χ2v) is 5.89. The van der Waals surface area contributed by atoms with Crippen molar-refractivity contribution < 1.29 is 0 Å². The third kappa shape index (κ3) is 2.05. The van der Waals surface area contributed by atoms with Crippen molar-refractivity contribution in [1.29, 1.82) is 0 Å². The molecule has 0 radical (unpaired) electrons. The van der Waals surface area contributed by atoms with Gasteiger partial charge >= 0.3 is 0 Å². The van der Waals surface area contributed by atoms with Crippen molar-refractivity contribution in [1.82, 2.24) is 19.9 Å². The summed E-state index contributed by atoms with van der Waals surface area (Å²) < 4.78 is 0. The molecular formula is C16H19N5. The van der Waals surface area contributed by atoms with E-state index in [1.807, 2.05) is 0 Å². The largest absolute Gasteiger partial charge is 0.352 e. The van der Waals surface area contributed by atoms with Gasteiger partial charge in [-0.2, -0.15) is 0 Å². The maximum absolute atomic E-state index is 4.54. The zero-order chi connectivity index (χ0) is 14.4. The number of aromatic nitrogens is 3. The highest BCUT2D eigenvalue weighted by Gasteiger charge is 2.19. The molecule has 1 fully saturated rings. The maximum atomic E-state index is 4.54. The predicted molar refractivity (Wildman–Crippen MR) is 85.8 cm³/mol. The van der Waals surface area contributed by atoms with Crippen LogP contribution in [0.2, 0.25) is 0 Å². The fraction of sp³-hybridized carbons (Fsp3) is 0.375. The number of hydrogen-bond donors (Lipinski definition) is 1. The van der Waals surface area contributed by atoms with Gasteiger partial charge in [0.2, 0.25) is 0 Å². The fourth-order valence-corrected chi connectivity index (χ4v) is 3.06. The SMILES string of the molecule is Cc1ccc2c(c1)[nH]c1c(N3CCN(C)CC3)ncnc12. The van der Waals surface area contributed by atoms with E-state index in [1.165, 1.54) is 10.9 Å². The third-order valence-electron chi connectivity index (χ3n) is 4.32. The third-order valence-corrected chi connectivity index (χ3v) is 4.32. The molecule has 5 nitrogen and oxygen atoms in total. The van der Waals surface area contributed by atoms with Crippen molar-refractivity contribution in [2.75, 3.05) is 38.1 Å². The number of H-pyrrole nitrogens is 1. The number of nitrogens with one attached hydrogen (secondary N) is 1. The summed E-state index contributed by atoms with van der Waals surface area (Å²) in [5.74, 6) is 1.03. The van der Waals surface area contributed by atoms with Gasteiger partial charge in [0.1, 0.15) is 17.4 Å². The molecule has 5 heteroatoms. The maximum Gasteiger partial charge on any atom is 0.156 e. The van der Waals surface area contributed by atoms with E-state index in [-0.39, 0.29) is 0 Å². The van der Waals surface area contributed by atoms with Crippen LogP contribution in [0.3, 0.4) is 0 Å². The van der Waals surface area contributed by atoms with Crippen LogP contribution in [0, 0.1) is 6.92 Å². The number of benzene rings is 1. The lowest BCUT2D eigenvalue weighted by Gasteiger charge is -2.33. The van der Waals surface area contributed by atoms with E-state index in [9.17, 15) is 0 Å². The normalized spacial score (nSPS) is 17.0. The molecule has 1 saturated heterocycles. The second kappa shape index (κ2) is 4.70. The average Bonchev–Trinajstić information content (AvgIpc) is 2.85. The number of piperazine rings is 1. The minimum Gasteiger partial charge on any atom is -0.352 e. The topological polar surface area (TPSA) is 48.1 Å². The molecule has 0 amide bonds. The summed E-state index contributed by atoms with van der Waals surface area (Å²) in [6, 6.07) is 6.45. The lowest BCUT2D eigenvalue weighted by atomic mass is 10.2. The summed E-state index contributed by atoms with van der Waals surface area (Å²) in [6.07, 6.45) is 1.68. The number of anilines is 1. The van der Waals surface area contributed by atoms with Crippen LogP contribution in [0.25, 0.3) is 21.9 Å². The Hall–Kier alpha value is -2.14. The lowest BCUT2D eigenvalue weighted by Crippen LogP contribution is -2.44. The second-order valence-electron chi connectivity index (χ2n) is 5.89. The van der Waals surface area contributed by atoms with Crippen LogP contribution in [0.1, 0.15) is 5.56 Å². The summed E-state index contributed by atoms with van der Waals surface area (Å²) in [7, 11) is 2.17.